The Hall–Kier alpha value is -3.08. The Morgan fingerprint density at radius 3 is 2.79 bits per heavy atom. The topological polar surface area (TPSA) is 66.9 Å². The van der Waals surface area contributed by atoms with E-state index in [0.29, 0.717) is 29.6 Å². The van der Waals surface area contributed by atoms with Crippen LogP contribution in [0.1, 0.15) is 22.8 Å². The van der Waals surface area contributed by atoms with E-state index >= 15 is 0 Å². The lowest BCUT2D eigenvalue weighted by atomic mass is 10.1. The number of allylic oxidation sites excluding steroid dienone is 2. The molecule has 0 aliphatic carbocycles. The third-order valence-electron chi connectivity index (χ3n) is 3.88. The molecule has 122 valence electrons. The van der Waals surface area contributed by atoms with Gasteiger partial charge in [0.1, 0.15) is 5.52 Å². The maximum Gasteiger partial charge on any atom is 0.275 e. The van der Waals surface area contributed by atoms with Crippen molar-refractivity contribution in [2.24, 2.45) is 0 Å². The van der Waals surface area contributed by atoms with E-state index in [2.05, 4.69) is 10.3 Å². The fraction of sp³-hybridized carbons (Fsp3) is 0.158. The average Bonchev–Trinajstić information content (AvgIpc) is 3.10. The number of carbonyl (C=O) groups is 1. The molecule has 0 saturated carbocycles. The smallest absolute Gasteiger partial charge is 0.275 e. The van der Waals surface area contributed by atoms with Gasteiger partial charge in [-0.3, -0.25) is 9.59 Å². The van der Waals surface area contributed by atoms with Gasteiger partial charge in [-0.15, -0.1) is 0 Å². The van der Waals surface area contributed by atoms with Crippen molar-refractivity contribution in [1.82, 2.24) is 14.9 Å². The minimum atomic E-state index is -0.197. The summed E-state index contributed by atoms with van der Waals surface area (Å²) in [5.74, 6) is -0.197. The van der Waals surface area contributed by atoms with Crippen LogP contribution in [0.3, 0.4) is 0 Å². The van der Waals surface area contributed by atoms with Crippen molar-refractivity contribution in [3.05, 3.63) is 82.4 Å². The molecule has 0 atom stereocenters. The summed E-state index contributed by atoms with van der Waals surface area (Å²) in [4.78, 5) is 28.0. The zero-order valence-electron chi connectivity index (χ0n) is 13.5. The predicted octanol–water partition coefficient (Wildman–Crippen LogP) is 2.84. The number of aromatic nitrogens is 2. The fourth-order valence-corrected chi connectivity index (χ4v) is 2.61. The molecule has 0 saturated heterocycles. The number of amides is 1. The van der Waals surface area contributed by atoms with Gasteiger partial charge in [-0.1, -0.05) is 42.5 Å². The van der Waals surface area contributed by atoms with E-state index in [1.165, 1.54) is 4.57 Å². The van der Waals surface area contributed by atoms with E-state index in [1.54, 1.807) is 18.5 Å². The van der Waals surface area contributed by atoms with Gasteiger partial charge in [0.25, 0.3) is 11.5 Å². The Bertz CT molecular complexity index is 936. The number of nitrogens with one attached hydrogen (secondary N) is 2. The summed E-state index contributed by atoms with van der Waals surface area (Å²) in [6.07, 6.45) is 7.06. The van der Waals surface area contributed by atoms with Crippen LogP contribution in [0.4, 0.5) is 0 Å². The molecule has 5 heteroatoms. The van der Waals surface area contributed by atoms with Crippen LogP contribution in [0.15, 0.2) is 65.7 Å². The molecule has 3 rings (SSSR count). The van der Waals surface area contributed by atoms with E-state index in [9.17, 15) is 9.59 Å². The Balaban J connectivity index is 1.92. The van der Waals surface area contributed by atoms with Gasteiger partial charge in [0.15, 0.2) is 0 Å². The lowest BCUT2D eigenvalue weighted by molar-refractivity contribution is 0.0952. The lowest BCUT2D eigenvalue weighted by Crippen LogP contribution is -2.27. The van der Waals surface area contributed by atoms with Gasteiger partial charge in [0.05, 0.1) is 5.56 Å². The molecule has 5 nitrogen and oxygen atoms in total. The van der Waals surface area contributed by atoms with E-state index in [-0.39, 0.29) is 11.5 Å². The summed E-state index contributed by atoms with van der Waals surface area (Å²) >= 11 is 0. The van der Waals surface area contributed by atoms with Crippen LogP contribution in [-0.2, 0) is 13.1 Å². The molecule has 2 aromatic heterocycles. The second kappa shape index (κ2) is 7.00. The quantitative estimate of drug-likeness (QED) is 0.710. The van der Waals surface area contributed by atoms with Crippen molar-refractivity contribution >= 4 is 16.8 Å². The molecule has 3 aromatic rings. The first-order valence-electron chi connectivity index (χ1n) is 7.84. The molecule has 0 radical (unpaired) electrons. The molecular formula is C19H19N3O2. The maximum absolute atomic E-state index is 12.6. The van der Waals surface area contributed by atoms with Gasteiger partial charge in [-0.2, -0.15) is 0 Å². The Morgan fingerprint density at radius 2 is 2.04 bits per heavy atom. The van der Waals surface area contributed by atoms with Gasteiger partial charge < -0.3 is 14.9 Å². The summed E-state index contributed by atoms with van der Waals surface area (Å²) in [7, 11) is 0. The van der Waals surface area contributed by atoms with Crippen molar-refractivity contribution in [2.75, 3.05) is 0 Å². The minimum Gasteiger partial charge on any atom is -0.357 e. The van der Waals surface area contributed by atoms with Crippen LogP contribution in [0.2, 0.25) is 0 Å². The number of hydrogen-bond donors (Lipinski definition) is 2. The van der Waals surface area contributed by atoms with Gasteiger partial charge in [-0.25, -0.2) is 0 Å². The van der Waals surface area contributed by atoms with Gasteiger partial charge in [-0.05, 0) is 18.6 Å². The predicted molar refractivity (Wildman–Crippen MR) is 95.0 cm³/mol. The lowest BCUT2D eigenvalue weighted by Gasteiger charge is -2.10. The highest BCUT2D eigenvalue weighted by molar-refractivity contribution is 6.05. The number of nitrogens with zero attached hydrogens (tertiary/aromatic N) is 1. The number of benzene rings is 1. The van der Waals surface area contributed by atoms with E-state index in [1.807, 2.05) is 49.4 Å². The summed E-state index contributed by atoms with van der Waals surface area (Å²) in [6.45, 7) is 2.77. The van der Waals surface area contributed by atoms with Crippen LogP contribution < -0.4 is 10.9 Å². The second-order valence-corrected chi connectivity index (χ2v) is 5.50. The standard InChI is InChI=1S/C19H19N3O2/c1-2-3-11-22-13-16(15-9-10-20-17(15)19(22)24)18(23)21-12-14-7-5-4-6-8-14/h2-10,13,20H,11-12H2,1H3,(H,21,23)/b3-2+. The molecule has 0 spiro atoms. The molecule has 0 fully saturated rings. The largest absolute Gasteiger partial charge is 0.357 e. The van der Waals surface area contributed by atoms with E-state index in [4.69, 9.17) is 0 Å². The summed E-state index contributed by atoms with van der Waals surface area (Å²) in [5, 5.41) is 3.55. The van der Waals surface area contributed by atoms with Crippen LogP contribution >= 0.6 is 0 Å². The molecule has 0 aliphatic rings. The molecule has 0 unspecified atom stereocenters. The van der Waals surface area contributed by atoms with Crippen LogP contribution in [0.25, 0.3) is 10.9 Å². The number of fused-ring (bicyclic) bond motifs is 1. The molecule has 0 aliphatic heterocycles. The summed E-state index contributed by atoms with van der Waals surface area (Å²) in [6, 6.07) is 11.5. The van der Waals surface area contributed by atoms with Crippen LogP contribution in [-0.4, -0.2) is 15.5 Å². The number of hydrogen-bond acceptors (Lipinski definition) is 2. The molecule has 24 heavy (non-hydrogen) atoms. The van der Waals surface area contributed by atoms with Gasteiger partial charge >= 0.3 is 0 Å². The Kier molecular flexibility index (Phi) is 4.61. The molecular weight excluding hydrogens is 302 g/mol. The highest BCUT2D eigenvalue weighted by Crippen LogP contribution is 2.14. The van der Waals surface area contributed by atoms with Crippen molar-refractivity contribution < 1.29 is 4.79 Å². The fourth-order valence-electron chi connectivity index (χ4n) is 2.61. The Labute approximate surface area is 139 Å². The summed E-state index contributed by atoms with van der Waals surface area (Å²) in [5.41, 5.74) is 1.84. The zero-order chi connectivity index (χ0) is 16.9. The maximum atomic E-state index is 12.6. The number of H-pyrrole nitrogens is 1. The number of aromatic amines is 1. The molecule has 1 amide bonds. The summed E-state index contributed by atoms with van der Waals surface area (Å²) < 4.78 is 1.54. The van der Waals surface area contributed by atoms with Gasteiger partial charge in [0, 0.05) is 30.9 Å². The van der Waals surface area contributed by atoms with Crippen molar-refractivity contribution in [3.8, 4) is 0 Å². The van der Waals surface area contributed by atoms with Crippen LogP contribution in [0.5, 0.6) is 0 Å². The molecule has 2 N–H and O–H groups in total. The zero-order valence-corrected chi connectivity index (χ0v) is 13.5. The first-order valence-corrected chi connectivity index (χ1v) is 7.84. The molecule has 1 aromatic carbocycles. The normalized spacial score (nSPS) is 11.2. The first kappa shape index (κ1) is 15.8. The highest BCUT2D eigenvalue weighted by Gasteiger charge is 2.15. The first-order chi connectivity index (χ1) is 11.7. The number of carbonyl (C=O) groups excluding carboxylic acids is 1. The molecule has 2 heterocycles. The van der Waals surface area contributed by atoms with Crippen molar-refractivity contribution in [3.63, 3.8) is 0 Å². The minimum absolute atomic E-state index is 0.132. The van der Waals surface area contributed by atoms with Crippen LogP contribution in [0, 0.1) is 0 Å². The van der Waals surface area contributed by atoms with Crippen molar-refractivity contribution in [2.45, 2.75) is 20.0 Å². The average molecular weight is 321 g/mol. The van der Waals surface area contributed by atoms with Crippen molar-refractivity contribution in [1.29, 1.82) is 0 Å². The number of rotatable bonds is 5. The highest BCUT2D eigenvalue weighted by atomic mass is 16.2. The third-order valence-corrected chi connectivity index (χ3v) is 3.88. The second-order valence-electron chi connectivity index (χ2n) is 5.50. The van der Waals surface area contributed by atoms with E-state index < -0.39 is 0 Å². The van der Waals surface area contributed by atoms with Gasteiger partial charge in [0.2, 0.25) is 0 Å². The Morgan fingerprint density at radius 1 is 1.25 bits per heavy atom. The monoisotopic (exact) mass is 321 g/mol. The van der Waals surface area contributed by atoms with E-state index in [0.717, 1.165) is 5.56 Å². The molecule has 0 bridgehead atoms. The third kappa shape index (κ3) is 3.15. The number of pyridine rings is 1. The SMILES string of the molecule is C/C=C/Cn1cc(C(=O)NCc2ccccc2)c2cc[nH]c2c1=O.